The molecule has 0 radical (unpaired) electrons. The zero-order chi connectivity index (χ0) is 15.5. The van der Waals surface area contributed by atoms with E-state index in [2.05, 4.69) is 36.0 Å². The van der Waals surface area contributed by atoms with Crippen LogP contribution in [-0.2, 0) is 4.79 Å². The molecule has 0 saturated carbocycles. The van der Waals surface area contributed by atoms with E-state index in [-0.39, 0.29) is 0 Å². The predicted octanol–water partition coefficient (Wildman–Crippen LogP) is 2.49. The van der Waals surface area contributed by atoms with Gasteiger partial charge in [-0.2, -0.15) is 0 Å². The van der Waals surface area contributed by atoms with Gasteiger partial charge in [-0.1, -0.05) is 26.7 Å². The molecule has 0 aliphatic carbocycles. The Bertz CT molecular complexity index is 267. The molecule has 0 spiro atoms. The maximum absolute atomic E-state index is 12.6. The van der Waals surface area contributed by atoms with E-state index in [1.807, 2.05) is 0 Å². The first kappa shape index (κ1) is 18.4. The van der Waals surface area contributed by atoms with Crippen molar-refractivity contribution in [3.05, 3.63) is 0 Å². The Morgan fingerprint density at radius 3 is 2.38 bits per heavy atom. The quantitative estimate of drug-likeness (QED) is 0.710. The highest BCUT2D eigenvalue weighted by atomic mass is 16.2. The minimum Gasteiger partial charge on any atom is -0.342 e. The number of rotatable bonds is 9. The number of nitrogens with one attached hydrogen (secondary N) is 1. The molecule has 1 aliphatic heterocycles. The van der Waals surface area contributed by atoms with Crippen molar-refractivity contribution in [2.24, 2.45) is 0 Å². The summed E-state index contributed by atoms with van der Waals surface area (Å²) in [4.78, 5) is 16.9. The first-order valence-corrected chi connectivity index (χ1v) is 8.87. The van der Waals surface area contributed by atoms with Crippen molar-refractivity contribution in [2.45, 2.75) is 64.8 Å². The summed E-state index contributed by atoms with van der Waals surface area (Å²) < 4.78 is 0. The van der Waals surface area contributed by atoms with Crippen LogP contribution < -0.4 is 5.32 Å². The molecule has 4 heteroatoms. The summed E-state index contributed by atoms with van der Waals surface area (Å²) in [6.07, 6.45) is 8.13. The van der Waals surface area contributed by atoms with Crippen LogP contribution in [0.5, 0.6) is 0 Å². The molecular formula is C17H35N3O. The fourth-order valence-corrected chi connectivity index (χ4v) is 2.94. The molecule has 1 saturated heterocycles. The van der Waals surface area contributed by atoms with E-state index in [0.29, 0.717) is 18.5 Å². The summed E-state index contributed by atoms with van der Waals surface area (Å²) in [5, 5.41) is 3.44. The van der Waals surface area contributed by atoms with E-state index >= 15 is 0 Å². The third kappa shape index (κ3) is 7.28. The molecule has 21 heavy (non-hydrogen) atoms. The highest BCUT2D eigenvalue weighted by molar-refractivity contribution is 5.78. The summed E-state index contributed by atoms with van der Waals surface area (Å²) in [5.41, 5.74) is 0. The average Bonchev–Trinajstić information content (AvgIpc) is 2.76. The number of hydrogen-bond donors (Lipinski definition) is 1. The third-order valence-corrected chi connectivity index (χ3v) is 4.47. The van der Waals surface area contributed by atoms with Crippen LogP contribution in [0.4, 0.5) is 0 Å². The summed E-state index contributed by atoms with van der Waals surface area (Å²) >= 11 is 0. The number of likely N-dealkylation sites (N-methyl/N-ethyl adjacent to an activating group) is 1. The van der Waals surface area contributed by atoms with E-state index in [9.17, 15) is 4.79 Å². The van der Waals surface area contributed by atoms with Crippen molar-refractivity contribution in [3.8, 4) is 0 Å². The Balaban J connectivity index is 2.45. The highest BCUT2D eigenvalue weighted by Gasteiger charge is 2.21. The van der Waals surface area contributed by atoms with Crippen molar-refractivity contribution in [1.82, 2.24) is 15.1 Å². The molecule has 0 aromatic rings. The minimum atomic E-state index is 0.316. The molecule has 0 bridgehead atoms. The zero-order valence-corrected chi connectivity index (χ0v) is 14.4. The standard InChI is InChI=1S/C17H35N3O/c1-4-6-13-20(14-7-5-2)17(21)15-19(3)16-9-8-11-18-12-10-16/h16,18H,4-15H2,1-3H3. The lowest BCUT2D eigenvalue weighted by Gasteiger charge is -2.30. The lowest BCUT2D eigenvalue weighted by atomic mass is 10.1. The molecule has 1 aliphatic rings. The summed E-state index contributed by atoms with van der Waals surface area (Å²) in [6, 6.07) is 0.558. The molecule has 1 N–H and O–H groups in total. The van der Waals surface area contributed by atoms with Crippen LogP contribution in [0.15, 0.2) is 0 Å². The fourth-order valence-electron chi connectivity index (χ4n) is 2.94. The highest BCUT2D eigenvalue weighted by Crippen LogP contribution is 2.12. The van der Waals surface area contributed by atoms with Gasteiger partial charge in [0.1, 0.15) is 0 Å². The molecule has 1 atom stereocenters. The van der Waals surface area contributed by atoms with Gasteiger partial charge in [0, 0.05) is 19.1 Å². The molecule has 4 nitrogen and oxygen atoms in total. The summed E-state index contributed by atoms with van der Waals surface area (Å²) in [7, 11) is 2.12. The second-order valence-electron chi connectivity index (χ2n) is 6.34. The summed E-state index contributed by atoms with van der Waals surface area (Å²) in [5.74, 6) is 0.316. The van der Waals surface area contributed by atoms with E-state index < -0.39 is 0 Å². The summed E-state index contributed by atoms with van der Waals surface area (Å²) in [6.45, 7) is 9.01. The average molecular weight is 297 g/mol. The fraction of sp³-hybridized carbons (Fsp3) is 0.941. The normalized spacial score (nSPS) is 19.5. The maximum Gasteiger partial charge on any atom is 0.236 e. The Hall–Kier alpha value is -0.610. The lowest BCUT2D eigenvalue weighted by molar-refractivity contribution is -0.132. The third-order valence-electron chi connectivity index (χ3n) is 4.47. The molecule has 1 amide bonds. The number of unbranched alkanes of at least 4 members (excludes halogenated alkanes) is 2. The van der Waals surface area contributed by atoms with Gasteiger partial charge in [-0.05, 0) is 52.2 Å². The van der Waals surface area contributed by atoms with E-state index in [1.165, 1.54) is 12.8 Å². The second-order valence-corrected chi connectivity index (χ2v) is 6.34. The molecular weight excluding hydrogens is 262 g/mol. The number of nitrogens with zero attached hydrogens (tertiary/aromatic N) is 2. The zero-order valence-electron chi connectivity index (χ0n) is 14.4. The Morgan fingerprint density at radius 2 is 1.76 bits per heavy atom. The van der Waals surface area contributed by atoms with Gasteiger partial charge in [0.05, 0.1) is 6.54 Å². The lowest BCUT2D eigenvalue weighted by Crippen LogP contribution is -2.43. The molecule has 0 aromatic heterocycles. The molecule has 1 fully saturated rings. The predicted molar refractivity (Wildman–Crippen MR) is 89.5 cm³/mol. The van der Waals surface area contributed by atoms with Crippen LogP contribution in [-0.4, -0.2) is 61.5 Å². The minimum absolute atomic E-state index is 0.316. The van der Waals surface area contributed by atoms with Crippen molar-refractivity contribution >= 4 is 5.91 Å². The van der Waals surface area contributed by atoms with Crippen molar-refractivity contribution in [1.29, 1.82) is 0 Å². The van der Waals surface area contributed by atoms with Gasteiger partial charge >= 0.3 is 0 Å². The van der Waals surface area contributed by atoms with Crippen LogP contribution >= 0.6 is 0 Å². The molecule has 0 aromatic carbocycles. The van der Waals surface area contributed by atoms with Crippen molar-refractivity contribution < 1.29 is 4.79 Å². The van der Waals surface area contributed by atoms with Gasteiger partial charge in [-0.25, -0.2) is 0 Å². The topological polar surface area (TPSA) is 35.6 Å². The smallest absolute Gasteiger partial charge is 0.236 e. The molecule has 124 valence electrons. The van der Waals surface area contributed by atoms with Gasteiger partial charge in [0.25, 0.3) is 0 Å². The maximum atomic E-state index is 12.6. The Labute approximate surface area is 131 Å². The van der Waals surface area contributed by atoms with Gasteiger partial charge in [-0.15, -0.1) is 0 Å². The van der Waals surface area contributed by atoms with Crippen molar-refractivity contribution in [2.75, 3.05) is 39.8 Å². The number of amides is 1. The number of hydrogen-bond acceptors (Lipinski definition) is 3. The van der Waals surface area contributed by atoms with Crippen molar-refractivity contribution in [3.63, 3.8) is 0 Å². The van der Waals surface area contributed by atoms with E-state index in [4.69, 9.17) is 0 Å². The molecule has 1 heterocycles. The van der Waals surface area contributed by atoms with Gasteiger partial charge in [-0.3, -0.25) is 9.69 Å². The Morgan fingerprint density at radius 1 is 1.10 bits per heavy atom. The first-order valence-electron chi connectivity index (χ1n) is 8.87. The Kier molecular flexibility index (Phi) is 9.68. The molecule has 1 rings (SSSR count). The van der Waals surface area contributed by atoms with E-state index in [0.717, 1.165) is 58.3 Å². The van der Waals surface area contributed by atoms with Crippen LogP contribution in [0.3, 0.4) is 0 Å². The van der Waals surface area contributed by atoms with Crippen LogP contribution in [0.25, 0.3) is 0 Å². The van der Waals surface area contributed by atoms with Gasteiger partial charge < -0.3 is 10.2 Å². The van der Waals surface area contributed by atoms with E-state index in [1.54, 1.807) is 0 Å². The largest absolute Gasteiger partial charge is 0.342 e. The van der Waals surface area contributed by atoms with Gasteiger partial charge in [0.2, 0.25) is 5.91 Å². The number of carbonyl (C=O) groups is 1. The second kappa shape index (κ2) is 11.0. The first-order chi connectivity index (χ1) is 10.2. The van der Waals surface area contributed by atoms with Crippen LogP contribution in [0, 0.1) is 0 Å². The monoisotopic (exact) mass is 297 g/mol. The van der Waals surface area contributed by atoms with Crippen LogP contribution in [0.2, 0.25) is 0 Å². The number of carbonyl (C=O) groups excluding carboxylic acids is 1. The van der Waals surface area contributed by atoms with Gasteiger partial charge in [0.15, 0.2) is 0 Å². The molecule has 1 unspecified atom stereocenters. The SMILES string of the molecule is CCCCN(CCCC)C(=O)CN(C)C1CCCNCC1. The van der Waals surface area contributed by atoms with Crippen LogP contribution in [0.1, 0.15) is 58.8 Å².